The van der Waals surface area contributed by atoms with Gasteiger partial charge in [0.2, 0.25) is 0 Å². The third-order valence-electron chi connectivity index (χ3n) is 4.35. The third-order valence-corrected chi connectivity index (χ3v) is 6.52. The van der Waals surface area contributed by atoms with E-state index in [9.17, 15) is 13.2 Å². The number of nitrogens with zero attached hydrogens (tertiary/aromatic N) is 1. The summed E-state index contributed by atoms with van der Waals surface area (Å²) < 4.78 is 24.3. The summed E-state index contributed by atoms with van der Waals surface area (Å²) in [7, 11) is -1.37. The van der Waals surface area contributed by atoms with E-state index in [1.165, 1.54) is 12.1 Å². The molecular formula is C17H26N2O3S. The molecule has 23 heavy (non-hydrogen) atoms. The van der Waals surface area contributed by atoms with Crippen LogP contribution < -0.4 is 5.32 Å². The van der Waals surface area contributed by atoms with Gasteiger partial charge in [-0.15, -0.1) is 0 Å². The quantitative estimate of drug-likeness (QED) is 0.891. The Morgan fingerprint density at radius 3 is 2.52 bits per heavy atom. The Balaban J connectivity index is 2.11. The molecular weight excluding hydrogens is 312 g/mol. The van der Waals surface area contributed by atoms with E-state index in [1.54, 1.807) is 26.0 Å². The summed E-state index contributed by atoms with van der Waals surface area (Å²) in [6.45, 7) is 5.75. The fraction of sp³-hybridized carbons (Fsp3) is 0.588. The summed E-state index contributed by atoms with van der Waals surface area (Å²) in [5, 5.41) is 2.70. The summed E-state index contributed by atoms with van der Waals surface area (Å²) >= 11 is 0. The van der Waals surface area contributed by atoms with E-state index < -0.39 is 15.1 Å². The van der Waals surface area contributed by atoms with E-state index in [0.29, 0.717) is 11.5 Å². The van der Waals surface area contributed by atoms with Crippen LogP contribution in [0.4, 0.5) is 0 Å². The fourth-order valence-corrected chi connectivity index (χ4v) is 4.01. The Kier molecular flexibility index (Phi) is 5.81. The maximum atomic E-state index is 12.6. The zero-order valence-corrected chi connectivity index (χ0v) is 14.9. The smallest absolute Gasteiger partial charge is 0.253 e. The molecule has 0 saturated carbocycles. The van der Waals surface area contributed by atoms with Crippen LogP contribution in [0.1, 0.15) is 37.0 Å². The largest absolute Gasteiger partial charge is 0.338 e. The molecule has 1 amide bonds. The summed E-state index contributed by atoms with van der Waals surface area (Å²) in [4.78, 5) is 14.7. The molecule has 1 N–H and O–H groups in total. The molecule has 1 aliphatic heterocycles. The van der Waals surface area contributed by atoms with Gasteiger partial charge in [0.25, 0.3) is 5.91 Å². The number of hydrogen-bond acceptors (Lipinski definition) is 4. The molecule has 1 heterocycles. The van der Waals surface area contributed by atoms with Crippen molar-refractivity contribution in [2.45, 2.75) is 36.8 Å². The van der Waals surface area contributed by atoms with E-state index in [-0.39, 0.29) is 10.8 Å². The van der Waals surface area contributed by atoms with Gasteiger partial charge in [-0.25, -0.2) is 8.42 Å². The first-order chi connectivity index (χ1) is 10.9. The van der Waals surface area contributed by atoms with Gasteiger partial charge in [0, 0.05) is 18.7 Å². The number of hydrogen-bond donors (Lipinski definition) is 1. The lowest BCUT2D eigenvalue weighted by Crippen LogP contribution is -2.42. The summed E-state index contributed by atoms with van der Waals surface area (Å²) in [5.74, 6) is 0.470. The Hall–Kier alpha value is -1.40. The maximum Gasteiger partial charge on any atom is 0.253 e. The zero-order chi connectivity index (χ0) is 17.0. The Labute approximate surface area is 139 Å². The molecule has 2 rings (SSSR count). The lowest BCUT2D eigenvalue weighted by Gasteiger charge is -2.32. The number of benzene rings is 1. The normalized spacial score (nSPS) is 19.1. The number of rotatable bonds is 5. The molecule has 1 atom stereocenters. The maximum absolute atomic E-state index is 12.6. The molecule has 1 aliphatic rings. The Morgan fingerprint density at radius 2 is 1.96 bits per heavy atom. The lowest BCUT2D eigenvalue weighted by atomic mass is 9.97. The van der Waals surface area contributed by atoms with Crippen molar-refractivity contribution in [3.05, 3.63) is 29.8 Å². The molecule has 0 aliphatic carbocycles. The van der Waals surface area contributed by atoms with Crippen LogP contribution in [0.25, 0.3) is 0 Å². The molecule has 0 aromatic heterocycles. The van der Waals surface area contributed by atoms with Crippen LogP contribution in [-0.4, -0.2) is 51.2 Å². The van der Waals surface area contributed by atoms with Crippen LogP contribution in [-0.2, 0) is 9.84 Å². The predicted molar refractivity (Wildman–Crippen MR) is 91.3 cm³/mol. The van der Waals surface area contributed by atoms with Crippen LogP contribution >= 0.6 is 0 Å². The molecule has 0 spiro atoms. The van der Waals surface area contributed by atoms with Gasteiger partial charge in [-0.2, -0.15) is 0 Å². The summed E-state index contributed by atoms with van der Waals surface area (Å²) in [6, 6.07) is 6.33. The number of likely N-dealkylation sites (tertiary alicyclic amines) is 1. The number of sulfone groups is 1. The molecule has 1 aromatic rings. The average Bonchev–Trinajstić information content (AvgIpc) is 2.54. The van der Waals surface area contributed by atoms with Gasteiger partial charge >= 0.3 is 0 Å². The molecule has 128 valence electrons. The second-order valence-electron chi connectivity index (χ2n) is 6.44. The van der Waals surface area contributed by atoms with Crippen LogP contribution in [0.3, 0.4) is 0 Å². The molecule has 1 saturated heterocycles. The van der Waals surface area contributed by atoms with Crippen LogP contribution in [0.2, 0.25) is 0 Å². The minimum absolute atomic E-state index is 0.0145. The topological polar surface area (TPSA) is 66.5 Å². The van der Waals surface area contributed by atoms with E-state index in [4.69, 9.17) is 0 Å². The van der Waals surface area contributed by atoms with Crippen LogP contribution in [0.15, 0.2) is 29.2 Å². The third kappa shape index (κ3) is 4.12. The molecule has 1 fully saturated rings. The van der Waals surface area contributed by atoms with Gasteiger partial charge in [0.15, 0.2) is 9.84 Å². The van der Waals surface area contributed by atoms with Gasteiger partial charge < -0.3 is 10.2 Å². The highest BCUT2D eigenvalue weighted by molar-refractivity contribution is 7.92. The van der Waals surface area contributed by atoms with Crippen molar-refractivity contribution in [2.24, 2.45) is 5.92 Å². The number of piperidine rings is 1. The van der Waals surface area contributed by atoms with Crippen molar-refractivity contribution in [1.82, 2.24) is 10.2 Å². The highest BCUT2D eigenvalue weighted by atomic mass is 32.2. The van der Waals surface area contributed by atoms with E-state index in [2.05, 4.69) is 5.32 Å². The molecule has 0 radical (unpaired) electrons. The summed E-state index contributed by atoms with van der Waals surface area (Å²) in [5.41, 5.74) is 0.554. The number of carbonyl (C=O) groups excluding carboxylic acids is 1. The SMILES string of the molecule is CNC[C@@H]1CCCN(C(=O)c2ccc(S(=O)(=O)C(C)C)cc2)C1. The van der Waals surface area contributed by atoms with E-state index in [1.807, 2.05) is 11.9 Å². The predicted octanol–water partition coefficient (Wildman–Crippen LogP) is 1.94. The molecule has 6 heteroatoms. The zero-order valence-electron chi connectivity index (χ0n) is 14.1. The highest BCUT2D eigenvalue weighted by Crippen LogP contribution is 2.20. The van der Waals surface area contributed by atoms with Crippen LogP contribution in [0.5, 0.6) is 0 Å². The van der Waals surface area contributed by atoms with Crippen molar-refractivity contribution >= 4 is 15.7 Å². The summed E-state index contributed by atoms with van der Waals surface area (Å²) in [6.07, 6.45) is 2.15. The van der Waals surface area contributed by atoms with Crippen molar-refractivity contribution in [3.63, 3.8) is 0 Å². The minimum Gasteiger partial charge on any atom is -0.338 e. The van der Waals surface area contributed by atoms with Crippen molar-refractivity contribution in [1.29, 1.82) is 0 Å². The molecule has 1 aromatic carbocycles. The molecule has 0 bridgehead atoms. The highest BCUT2D eigenvalue weighted by Gasteiger charge is 2.25. The second kappa shape index (κ2) is 7.45. The Morgan fingerprint density at radius 1 is 1.30 bits per heavy atom. The fourth-order valence-electron chi connectivity index (χ4n) is 2.95. The molecule has 5 nitrogen and oxygen atoms in total. The van der Waals surface area contributed by atoms with Gasteiger partial charge in [0.1, 0.15) is 0 Å². The standard InChI is InChI=1S/C17H26N2O3S/c1-13(2)23(21,22)16-8-6-15(7-9-16)17(20)19-10-4-5-14(12-19)11-18-3/h6-9,13-14,18H,4-5,10-12H2,1-3H3/t14-/m0/s1. The average molecular weight is 338 g/mol. The van der Waals surface area contributed by atoms with Gasteiger partial charge in [-0.05, 0) is 70.5 Å². The van der Waals surface area contributed by atoms with Crippen molar-refractivity contribution in [2.75, 3.05) is 26.7 Å². The van der Waals surface area contributed by atoms with Crippen LogP contribution in [0, 0.1) is 5.92 Å². The lowest BCUT2D eigenvalue weighted by molar-refractivity contribution is 0.0674. The number of nitrogens with one attached hydrogen (secondary N) is 1. The first-order valence-corrected chi connectivity index (χ1v) is 9.68. The number of carbonyl (C=O) groups is 1. The van der Waals surface area contributed by atoms with Crippen molar-refractivity contribution in [3.8, 4) is 0 Å². The van der Waals surface area contributed by atoms with E-state index in [0.717, 1.165) is 32.5 Å². The first kappa shape index (κ1) is 17.9. The number of amides is 1. The second-order valence-corrected chi connectivity index (χ2v) is 8.94. The molecule has 0 unspecified atom stereocenters. The monoisotopic (exact) mass is 338 g/mol. The van der Waals surface area contributed by atoms with Crippen molar-refractivity contribution < 1.29 is 13.2 Å². The Bertz CT molecular complexity index is 636. The van der Waals surface area contributed by atoms with Gasteiger partial charge in [-0.3, -0.25) is 4.79 Å². The first-order valence-electron chi connectivity index (χ1n) is 8.14. The van der Waals surface area contributed by atoms with Gasteiger partial charge in [-0.1, -0.05) is 0 Å². The van der Waals surface area contributed by atoms with Gasteiger partial charge in [0.05, 0.1) is 10.1 Å². The minimum atomic E-state index is -3.29. The van der Waals surface area contributed by atoms with E-state index >= 15 is 0 Å².